The minimum atomic E-state index is -3.08. The molecule has 6 aromatic rings. The molecule has 2 aliphatic rings. The molecule has 302 valence electrons. The number of aromatic nitrogens is 4. The Morgan fingerprint density at radius 1 is 0.914 bits per heavy atom. The average Bonchev–Trinajstić information content (AvgIpc) is 3.80. The molecule has 3 N–H and O–H groups in total. The molecule has 0 aliphatic carbocycles. The number of hydrogen-bond donors (Lipinski definition) is 3. The molecule has 0 saturated carbocycles. The molecule has 12 nitrogen and oxygen atoms in total. The van der Waals surface area contributed by atoms with Gasteiger partial charge in [0.2, 0.25) is 5.89 Å². The van der Waals surface area contributed by atoms with E-state index in [1.165, 1.54) is 6.07 Å². The zero-order valence-corrected chi connectivity index (χ0v) is 31.8. The number of aliphatic hydroxyl groups excluding tert-OH is 1. The SMILES string of the molecule is Cc1c(Nc2nc(C(F)F)nc3cc(CN4CCC(O)C4)cnc23)cccc1-c1cccc(-c2nc3cc(CN4CCCC(C(=O)O)C4)c(OC(F)F)cc3o2)c1C. The number of anilines is 2. The lowest BCUT2D eigenvalue weighted by Gasteiger charge is -2.31. The highest BCUT2D eigenvalue weighted by Crippen LogP contribution is 2.39. The maximum absolute atomic E-state index is 14.1. The number of hydrogen-bond acceptors (Lipinski definition) is 11. The highest BCUT2D eigenvalue weighted by atomic mass is 19.3. The molecule has 16 heteroatoms. The van der Waals surface area contributed by atoms with E-state index in [4.69, 9.17) is 14.1 Å². The Hall–Kier alpha value is -5.71. The molecule has 8 rings (SSSR count). The molecule has 3 aromatic heterocycles. The summed E-state index contributed by atoms with van der Waals surface area (Å²) < 4.78 is 66.3. The summed E-state index contributed by atoms with van der Waals surface area (Å²) in [4.78, 5) is 33.3. The first-order valence-corrected chi connectivity index (χ1v) is 19.1. The molecule has 58 heavy (non-hydrogen) atoms. The van der Waals surface area contributed by atoms with E-state index in [0.29, 0.717) is 73.3 Å². The standard InChI is InChI=1S/C42H41F4N7O5/c1-22-28(7-3-9-30(22)40-50-32-15-26(34(58-42(45)46)16-35(32)57-40)20-52-12-5-6-25(19-52)41(55)56)29-8-4-10-31(23(29)2)48-38-36-33(49-39(51-38)37(43)44)14-24(17-47-36)18-53-13-11-27(54)21-53/h3-4,7-10,14-17,25,27,37,42,54H,5-6,11-13,18-21H2,1-2H3,(H,55,56)(H,48,49,51). The van der Waals surface area contributed by atoms with E-state index in [1.807, 2.05) is 55.1 Å². The van der Waals surface area contributed by atoms with Crippen molar-refractivity contribution >= 4 is 39.6 Å². The van der Waals surface area contributed by atoms with Crippen molar-refractivity contribution in [2.24, 2.45) is 5.92 Å². The van der Waals surface area contributed by atoms with Gasteiger partial charge in [0, 0.05) is 61.8 Å². The van der Waals surface area contributed by atoms with E-state index < -0.39 is 36.9 Å². The van der Waals surface area contributed by atoms with Crippen LogP contribution in [0.1, 0.15) is 53.8 Å². The van der Waals surface area contributed by atoms with Gasteiger partial charge in [-0.3, -0.25) is 19.6 Å². The Morgan fingerprint density at radius 3 is 2.41 bits per heavy atom. The fourth-order valence-electron chi connectivity index (χ4n) is 8.00. The van der Waals surface area contributed by atoms with Crippen LogP contribution in [0.3, 0.4) is 0 Å². The van der Waals surface area contributed by atoms with E-state index in [-0.39, 0.29) is 35.1 Å². The summed E-state index contributed by atoms with van der Waals surface area (Å²) >= 11 is 0. The average molecular weight is 800 g/mol. The molecular formula is C42H41F4N7O5. The van der Waals surface area contributed by atoms with Crippen LogP contribution < -0.4 is 10.1 Å². The first kappa shape index (κ1) is 39.1. The van der Waals surface area contributed by atoms with Crippen molar-refractivity contribution in [1.29, 1.82) is 0 Å². The summed E-state index contributed by atoms with van der Waals surface area (Å²) in [7, 11) is 0. The smallest absolute Gasteiger partial charge is 0.387 e. The predicted octanol–water partition coefficient (Wildman–Crippen LogP) is 8.26. The van der Waals surface area contributed by atoms with Crippen molar-refractivity contribution in [2.45, 2.75) is 65.3 Å². The van der Waals surface area contributed by atoms with Crippen molar-refractivity contribution in [2.75, 3.05) is 31.5 Å². The zero-order valence-electron chi connectivity index (χ0n) is 31.8. The van der Waals surface area contributed by atoms with E-state index in [9.17, 15) is 32.6 Å². The third kappa shape index (κ3) is 8.17. The van der Waals surface area contributed by atoms with Crippen LogP contribution in [0, 0.1) is 19.8 Å². The number of carbonyl (C=O) groups is 1. The van der Waals surface area contributed by atoms with Gasteiger partial charge in [-0.25, -0.2) is 23.7 Å². The molecular weight excluding hydrogens is 758 g/mol. The summed E-state index contributed by atoms with van der Waals surface area (Å²) in [6.07, 6.45) is 0.276. The number of aliphatic carboxylic acids is 1. The number of likely N-dealkylation sites (tertiary alicyclic amines) is 2. The predicted molar refractivity (Wildman–Crippen MR) is 208 cm³/mol. The second kappa shape index (κ2) is 16.3. The summed E-state index contributed by atoms with van der Waals surface area (Å²) in [6, 6.07) is 16.0. The Morgan fingerprint density at radius 2 is 1.67 bits per heavy atom. The van der Waals surface area contributed by atoms with Crippen molar-refractivity contribution in [1.82, 2.24) is 29.7 Å². The summed E-state index contributed by atoms with van der Waals surface area (Å²) in [5.74, 6) is -1.71. The molecule has 3 aromatic carbocycles. The lowest BCUT2D eigenvalue weighted by Crippen LogP contribution is -2.38. The van der Waals surface area contributed by atoms with Gasteiger partial charge in [-0.2, -0.15) is 8.78 Å². The third-order valence-corrected chi connectivity index (χ3v) is 10.9. The minimum Gasteiger partial charge on any atom is -0.481 e. The number of aliphatic hydroxyl groups is 1. The lowest BCUT2D eigenvalue weighted by molar-refractivity contribution is -0.143. The molecule has 2 unspecified atom stereocenters. The Bertz CT molecular complexity index is 2500. The Labute approximate surface area is 330 Å². The molecule has 2 atom stereocenters. The maximum Gasteiger partial charge on any atom is 0.387 e. The number of benzene rings is 3. The number of piperidine rings is 1. The number of alkyl halides is 4. The van der Waals surface area contributed by atoms with Crippen molar-refractivity contribution in [3.8, 4) is 28.3 Å². The molecule has 0 spiro atoms. The highest BCUT2D eigenvalue weighted by molar-refractivity contribution is 5.89. The van der Waals surface area contributed by atoms with Crippen molar-refractivity contribution in [3.05, 3.63) is 88.9 Å². The van der Waals surface area contributed by atoms with Crippen LogP contribution in [0.5, 0.6) is 5.75 Å². The van der Waals surface area contributed by atoms with E-state index in [1.54, 1.807) is 18.3 Å². The number of carboxylic acid groups (broad SMARTS) is 1. The largest absolute Gasteiger partial charge is 0.481 e. The zero-order chi connectivity index (χ0) is 40.7. The van der Waals surface area contributed by atoms with Gasteiger partial charge in [0.25, 0.3) is 6.43 Å². The number of carboxylic acids is 1. The van der Waals surface area contributed by atoms with Crippen LogP contribution >= 0.6 is 0 Å². The highest BCUT2D eigenvalue weighted by Gasteiger charge is 2.27. The van der Waals surface area contributed by atoms with Crippen LogP contribution in [0.15, 0.2) is 65.2 Å². The number of pyridine rings is 1. The molecule has 2 saturated heterocycles. The number of fused-ring (bicyclic) bond motifs is 2. The van der Waals surface area contributed by atoms with Crippen LogP contribution in [0.2, 0.25) is 0 Å². The maximum atomic E-state index is 14.1. The Balaban J connectivity index is 1.10. The fourth-order valence-corrected chi connectivity index (χ4v) is 8.00. The molecule has 0 bridgehead atoms. The number of oxazole rings is 1. The lowest BCUT2D eigenvalue weighted by atomic mass is 9.93. The van der Waals surface area contributed by atoms with Gasteiger partial charge in [0.1, 0.15) is 16.8 Å². The summed E-state index contributed by atoms with van der Waals surface area (Å²) in [5.41, 5.74) is 7.10. The quantitative estimate of drug-likeness (QED) is 0.102. The summed E-state index contributed by atoms with van der Waals surface area (Å²) in [6.45, 7) is 3.63. The van der Waals surface area contributed by atoms with Crippen LogP contribution in [0.25, 0.3) is 44.7 Å². The second-order valence-corrected chi connectivity index (χ2v) is 14.9. The topological polar surface area (TPSA) is 150 Å². The van der Waals surface area contributed by atoms with Gasteiger partial charge in [-0.05, 0) is 91.7 Å². The van der Waals surface area contributed by atoms with Gasteiger partial charge < -0.3 is 24.7 Å². The molecule has 2 aliphatic heterocycles. The van der Waals surface area contributed by atoms with Crippen molar-refractivity contribution in [3.63, 3.8) is 0 Å². The third-order valence-electron chi connectivity index (χ3n) is 10.9. The van der Waals surface area contributed by atoms with Gasteiger partial charge in [-0.1, -0.05) is 24.3 Å². The van der Waals surface area contributed by atoms with Crippen molar-refractivity contribution < 1.29 is 41.7 Å². The van der Waals surface area contributed by atoms with E-state index >= 15 is 0 Å². The van der Waals surface area contributed by atoms with Crippen LogP contribution in [-0.2, 0) is 17.9 Å². The molecule has 5 heterocycles. The first-order valence-electron chi connectivity index (χ1n) is 19.1. The molecule has 0 amide bonds. The monoisotopic (exact) mass is 799 g/mol. The fraction of sp³-hybridized carbons (Fsp3) is 0.357. The number of nitrogens with one attached hydrogen (secondary N) is 1. The number of rotatable bonds is 12. The van der Waals surface area contributed by atoms with Gasteiger partial charge in [0.15, 0.2) is 17.2 Å². The van der Waals surface area contributed by atoms with Gasteiger partial charge in [-0.15, -0.1) is 0 Å². The van der Waals surface area contributed by atoms with E-state index in [2.05, 4.69) is 25.2 Å². The normalized spacial score (nSPS) is 17.9. The molecule has 0 radical (unpaired) electrons. The summed E-state index contributed by atoms with van der Waals surface area (Å²) in [5, 5.41) is 22.7. The molecule has 2 fully saturated rings. The number of nitrogens with zero attached hydrogens (tertiary/aromatic N) is 6. The first-order chi connectivity index (χ1) is 27.9. The number of β-amino-alcohol motifs (C(OH)–C–C–N with tert-alkyl or cyclic N) is 1. The Kier molecular flexibility index (Phi) is 11.0. The van der Waals surface area contributed by atoms with Crippen LogP contribution in [-0.4, -0.2) is 84.8 Å². The van der Waals surface area contributed by atoms with Gasteiger partial charge >= 0.3 is 12.6 Å². The number of halogens is 4. The van der Waals surface area contributed by atoms with Crippen LogP contribution in [0.4, 0.5) is 29.1 Å². The second-order valence-electron chi connectivity index (χ2n) is 14.9. The van der Waals surface area contributed by atoms with Gasteiger partial charge in [0.05, 0.1) is 17.5 Å². The van der Waals surface area contributed by atoms with E-state index in [0.717, 1.165) is 34.4 Å². The number of ether oxygens (including phenoxy) is 1. The minimum absolute atomic E-state index is 0.0661.